The summed E-state index contributed by atoms with van der Waals surface area (Å²) < 4.78 is 44.2. The standard InChI is InChI=1S/C11H14O7S/c1-2-8(12)15-3-4-16-9-6-5-7-10(17-6)11(9)18-19(7,13)14/h2,6-7,9-11H,1,3-5H2. The van der Waals surface area contributed by atoms with Gasteiger partial charge in [-0.15, -0.1) is 0 Å². The molecule has 0 amide bonds. The molecule has 2 bridgehead atoms. The average Bonchev–Trinajstić information content (AvgIpc) is 2.97. The van der Waals surface area contributed by atoms with Crippen LogP contribution in [0, 0.1) is 0 Å². The van der Waals surface area contributed by atoms with Crippen molar-refractivity contribution < 1.29 is 31.6 Å². The minimum absolute atomic E-state index is 0.0850. The number of carbonyl (C=O) groups is 1. The molecular weight excluding hydrogens is 276 g/mol. The van der Waals surface area contributed by atoms with Crippen LogP contribution >= 0.6 is 0 Å². The molecule has 3 aliphatic heterocycles. The van der Waals surface area contributed by atoms with Crippen LogP contribution in [0.5, 0.6) is 0 Å². The van der Waals surface area contributed by atoms with Gasteiger partial charge in [-0.1, -0.05) is 6.58 Å². The Labute approximate surface area is 110 Å². The highest BCUT2D eigenvalue weighted by atomic mass is 32.2. The third-order valence-electron chi connectivity index (χ3n) is 3.60. The van der Waals surface area contributed by atoms with Gasteiger partial charge in [0.15, 0.2) is 0 Å². The van der Waals surface area contributed by atoms with Crippen LogP contribution in [0.2, 0.25) is 0 Å². The van der Waals surface area contributed by atoms with Crippen molar-refractivity contribution in [2.45, 2.75) is 36.1 Å². The van der Waals surface area contributed by atoms with E-state index < -0.39 is 39.6 Å². The molecule has 0 aliphatic carbocycles. The molecule has 3 saturated heterocycles. The zero-order valence-corrected chi connectivity index (χ0v) is 10.9. The van der Waals surface area contributed by atoms with Crippen molar-refractivity contribution in [2.75, 3.05) is 13.2 Å². The first kappa shape index (κ1) is 13.0. The van der Waals surface area contributed by atoms with Gasteiger partial charge in [0.1, 0.15) is 30.2 Å². The third kappa shape index (κ3) is 2.08. The van der Waals surface area contributed by atoms with E-state index in [9.17, 15) is 13.2 Å². The molecule has 3 aliphatic rings. The molecule has 0 N–H and O–H groups in total. The summed E-state index contributed by atoms with van der Waals surface area (Å²) in [7, 11) is -3.52. The Kier molecular flexibility index (Phi) is 3.12. The van der Waals surface area contributed by atoms with Gasteiger partial charge in [-0.3, -0.25) is 4.18 Å². The monoisotopic (exact) mass is 290 g/mol. The number of carbonyl (C=O) groups excluding carboxylic acids is 1. The van der Waals surface area contributed by atoms with E-state index in [2.05, 4.69) is 6.58 Å². The van der Waals surface area contributed by atoms with Gasteiger partial charge in [0.25, 0.3) is 10.1 Å². The molecule has 0 aromatic carbocycles. The molecule has 3 heterocycles. The predicted octanol–water partition coefficient (Wildman–Crippen LogP) is -0.631. The van der Waals surface area contributed by atoms with E-state index in [1.165, 1.54) is 0 Å². The highest BCUT2D eigenvalue weighted by Crippen LogP contribution is 2.47. The molecule has 5 unspecified atom stereocenters. The Bertz CT molecular complexity index is 499. The lowest BCUT2D eigenvalue weighted by molar-refractivity contribution is -0.140. The van der Waals surface area contributed by atoms with Crippen LogP contribution in [-0.2, 0) is 33.3 Å². The van der Waals surface area contributed by atoms with E-state index in [1.54, 1.807) is 0 Å². The lowest BCUT2D eigenvalue weighted by Gasteiger charge is -2.21. The summed E-state index contributed by atoms with van der Waals surface area (Å²) >= 11 is 0. The fourth-order valence-electron chi connectivity index (χ4n) is 2.81. The molecule has 0 saturated carbocycles. The van der Waals surface area contributed by atoms with E-state index in [-0.39, 0.29) is 19.3 Å². The minimum Gasteiger partial charge on any atom is -0.460 e. The second-order valence-electron chi connectivity index (χ2n) is 4.67. The molecule has 0 aromatic heterocycles. The van der Waals surface area contributed by atoms with Crippen LogP contribution in [0.3, 0.4) is 0 Å². The van der Waals surface area contributed by atoms with Gasteiger partial charge < -0.3 is 14.2 Å². The first-order valence-corrected chi connectivity index (χ1v) is 7.48. The van der Waals surface area contributed by atoms with Crippen molar-refractivity contribution in [3.05, 3.63) is 12.7 Å². The summed E-state index contributed by atoms with van der Waals surface area (Å²) in [6.07, 6.45) is -0.189. The van der Waals surface area contributed by atoms with Gasteiger partial charge in [-0.05, 0) is 6.42 Å². The molecule has 8 heteroatoms. The summed E-state index contributed by atoms with van der Waals surface area (Å²) in [5.74, 6) is -0.521. The zero-order valence-electron chi connectivity index (χ0n) is 10.1. The Balaban J connectivity index is 1.54. The molecule has 7 nitrogen and oxygen atoms in total. The summed E-state index contributed by atoms with van der Waals surface area (Å²) in [4.78, 5) is 10.8. The van der Waals surface area contributed by atoms with Crippen LogP contribution in [0.1, 0.15) is 6.42 Å². The molecule has 0 radical (unpaired) electrons. The van der Waals surface area contributed by atoms with Gasteiger partial charge in [-0.2, -0.15) is 8.42 Å². The van der Waals surface area contributed by atoms with Crippen molar-refractivity contribution in [1.82, 2.24) is 0 Å². The molecule has 5 atom stereocenters. The maximum absolute atomic E-state index is 11.6. The van der Waals surface area contributed by atoms with Crippen LogP contribution in [0.4, 0.5) is 0 Å². The fraction of sp³-hybridized carbons (Fsp3) is 0.727. The molecular formula is C11H14O7S. The molecule has 3 fully saturated rings. The van der Waals surface area contributed by atoms with Gasteiger partial charge in [0, 0.05) is 6.08 Å². The average molecular weight is 290 g/mol. The Hall–Kier alpha value is -0.960. The summed E-state index contributed by atoms with van der Waals surface area (Å²) in [5, 5.41) is -0.555. The van der Waals surface area contributed by atoms with E-state index in [4.69, 9.17) is 18.4 Å². The van der Waals surface area contributed by atoms with Crippen molar-refractivity contribution in [3.8, 4) is 0 Å². The van der Waals surface area contributed by atoms with Crippen LogP contribution < -0.4 is 0 Å². The van der Waals surface area contributed by atoms with Crippen LogP contribution in [-0.4, -0.2) is 57.3 Å². The van der Waals surface area contributed by atoms with Crippen molar-refractivity contribution in [1.29, 1.82) is 0 Å². The minimum atomic E-state index is -3.52. The van der Waals surface area contributed by atoms with E-state index in [0.29, 0.717) is 6.42 Å². The Morgan fingerprint density at radius 2 is 2.16 bits per heavy atom. The van der Waals surface area contributed by atoms with E-state index >= 15 is 0 Å². The molecule has 19 heavy (non-hydrogen) atoms. The van der Waals surface area contributed by atoms with Crippen molar-refractivity contribution in [3.63, 3.8) is 0 Å². The zero-order chi connectivity index (χ0) is 13.6. The largest absolute Gasteiger partial charge is 0.460 e. The SMILES string of the molecule is C=CC(=O)OCCOC1C2CC3C(O2)C1OS3(=O)=O. The van der Waals surface area contributed by atoms with Gasteiger partial charge in [0.2, 0.25) is 0 Å². The van der Waals surface area contributed by atoms with Gasteiger partial charge in [0.05, 0.1) is 12.7 Å². The smallest absolute Gasteiger partial charge is 0.330 e. The number of ether oxygens (including phenoxy) is 3. The van der Waals surface area contributed by atoms with Crippen LogP contribution in [0.25, 0.3) is 0 Å². The summed E-state index contributed by atoms with van der Waals surface area (Å²) in [6.45, 7) is 3.53. The molecule has 0 spiro atoms. The molecule has 106 valence electrons. The number of rotatable bonds is 5. The van der Waals surface area contributed by atoms with E-state index in [1.807, 2.05) is 0 Å². The number of fused-ring (bicyclic) bond motifs is 1. The maximum atomic E-state index is 11.6. The third-order valence-corrected chi connectivity index (χ3v) is 5.29. The second kappa shape index (κ2) is 4.55. The topological polar surface area (TPSA) is 88.1 Å². The highest BCUT2D eigenvalue weighted by molar-refractivity contribution is 7.87. The first-order chi connectivity index (χ1) is 9.03. The van der Waals surface area contributed by atoms with Gasteiger partial charge in [-0.25, -0.2) is 4.79 Å². The van der Waals surface area contributed by atoms with Crippen LogP contribution in [0.15, 0.2) is 12.7 Å². The lowest BCUT2D eigenvalue weighted by atomic mass is 9.94. The lowest BCUT2D eigenvalue weighted by Crippen LogP contribution is -2.40. The predicted molar refractivity (Wildman–Crippen MR) is 61.8 cm³/mol. The van der Waals surface area contributed by atoms with Gasteiger partial charge >= 0.3 is 5.97 Å². The first-order valence-electron chi connectivity index (χ1n) is 6.01. The van der Waals surface area contributed by atoms with Crippen molar-refractivity contribution in [2.24, 2.45) is 0 Å². The summed E-state index contributed by atoms with van der Waals surface area (Å²) in [6, 6.07) is 0. The molecule has 3 rings (SSSR count). The Morgan fingerprint density at radius 3 is 2.89 bits per heavy atom. The summed E-state index contributed by atoms with van der Waals surface area (Å²) in [5.41, 5.74) is 0. The Morgan fingerprint density at radius 1 is 1.37 bits per heavy atom. The van der Waals surface area contributed by atoms with Crippen molar-refractivity contribution >= 4 is 16.1 Å². The number of hydrogen-bond acceptors (Lipinski definition) is 7. The number of esters is 1. The second-order valence-corrected chi connectivity index (χ2v) is 6.46. The van der Waals surface area contributed by atoms with E-state index in [0.717, 1.165) is 6.08 Å². The highest BCUT2D eigenvalue weighted by Gasteiger charge is 2.66. The quantitative estimate of drug-likeness (QED) is 0.288. The number of hydrogen-bond donors (Lipinski definition) is 0. The maximum Gasteiger partial charge on any atom is 0.330 e. The normalized spacial score (nSPS) is 41.4. The molecule has 0 aromatic rings. The fourth-order valence-corrected chi connectivity index (χ4v) is 4.46.